The average Bonchev–Trinajstić information content (AvgIpc) is 3.13. The van der Waals surface area contributed by atoms with E-state index in [0.29, 0.717) is 0 Å². The van der Waals surface area contributed by atoms with Crippen LogP contribution in [0, 0.1) is 0 Å². The van der Waals surface area contributed by atoms with Crippen molar-refractivity contribution < 1.29 is 45.7 Å². The Bertz CT molecular complexity index is 462. The fourth-order valence-corrected chi connectivity index (χ4v) is 24.3. The van der Waals surface area contributed by atoms with E-state index in [1.807, 2.05) is 6.56 Å². The van der Waals surface area contributed by atoms with Crippen molar-refractivity contribution in [2.45, 2.75) is 78.3 Å². The molecule has 2 rings (SSSR count). The van der Waals surface area contributed by atoms with Crippen LogP contribution in [-0.2, 0) is 20.9 Å². The Hall–Kier alpha value is 0.640. The van der Waals surface area contributed by atoms with Gasteiger partial charge in [-0.3, -0.25) is 0 Å². The van der Waals surface area contributed by atoms with Crippen molar-refractivity contribution in [1.29, 1.82) is 0 Å². The molecule has 0 aliphatic heterocycles. The first-order chi connectivity index (χ1) is 10.7. The largest absolute Gasteiger partial charge is 1.00 e. The van der Waals surface area contributed by atoms with Gasteiger partial charge in [0.2, 0.25) is 0 Å². The zero-order valence-electron chi connectivity index (χ0n) is 15.8. The van der Waals surface area contributed by atoms with Crippen LogP contribution in [-0.4, -0.2) is 5.92 Å². The Morgan fingerprint density at radius 2 is 1.25 bits per heavy atom. The van der Waals surface area contributed by atoms with E-state index in [9.17, 15) is 0 Å². The fraction of sp³-hybridized carbons (Fsp3) is 0.600. The molecule has 2 aliphatic carbocycles. The molecule has 24 heavy (non-hydrogen) atoms. The second kappa shape index (κ2) is 12.9. The Morgan fingerprint density at radius 3 is 1.58 bits per heavy atom. The normalized spacial score (nSPS) is 16.0. The molecule has 0 heterocycles. The molecule has 0 bridgehead atoms. The number of rotatable bonds is 9. The molecule has 0 spiro atoms. The van der Waals surface area contributed by atoms with Gasteiger partial charge < -0.3 is 24.8 Å². The number of halogens is 2. The predicted octanol–water partition coefficient (Wildman–Crippen LogP) is 0.404. The molecule has 0 atom stereocenters. The van der Waals surface area contributed by atoms with Crippen LogP contribution in [0.2, 0.25) is 13.1 Å². The van der Waals surface area contributed by atoms with Gasteiger partial charge in [-0.15, -0.1) is 0 Å². The molecule has 0 saturated carbocycles. The fourth-order valence-electron chi connectivity index (χ4n) is 3.75. The summed E-state index contributed by atoms with van der Waals surface area (Å²) in [5.41, 5.74) is 3.54. The Morgan fingerprint density at radius 1 is 0.833 bits per heavy atom. The quantitative estimate of drug-likeness (QED) is 0.435. The van der Waals surface area contributed by atoms with Crippen molar-refractivity contribution in [2.75, 3.05) is 0 Å². The molecule has 0 aromatic heterocycles. The van der Waals surface area contributed by atoms with Crippen LogP contribution in [0.15, 0.2) is 42.0 Å². The van der Waals surface area contributed by atoms with Crippen LogP contribution < -0.4 is 24.8 Å². The van der Waals surface area contributed by atoms with Crippen LogP contribution in [0.25, 0.3) is 0 Å². The average molecular weight is 464 g/mol. The van der Waals surface area contributed by atoms with Gasteiger partial charge in [-0.05, 0) is 0 Å². The summed E-state index contributed by atoms with van der Waals surface area (Å²) in [7, 11) is 0. The van der Waals surface area contributed by atoms with Crippen molar-refractivity contribution in [3.8, 4) is 0 Å². The van der Waals surface area contributed by atoms with E-state index in [-0.39, 0.29) is 24.8 Å². The first-order valence-corrected chi connectivity index (χ1v) is 18.9. The number of unbranched alkanes of at least 4 members (excludes halogenated alkanes) is 2. The van der Waals surface area contributed by atoms with E-state index in [1.165, 1.54) is 51.4 Å². The third-order valence-corrected chi connectivity index (χ3v) is 24.5. The SMILES string of the molecule is CCCCC1=[C]([Zr+2]([C]2=C(CCCC)C=CC2)[SiH](C)C)CC=C1.[Cl-].[Cl-]. The van der Waals surface area contributed by atoms with Crippen LogP contribution in [0.4, 0.5) is 0 Å². The molecule has 2 aliphatic rings. The van der Waals surface area contributed by atoms with E-state index in [1.54, 1.807) is 11.1 Å². The van der Waals surface area contributed by atoms with Gasteiger partial charge in [0.05, 0.1) is 0 Å². The first-order valence-electron chi connectivity index (χ1n) is 9.33. The van der Waals surface area contributed by atoms with E-state index in [0.717, 1.165) is 0 Å². The molecular formula is C20H33Cl2SiZr. The summed E-state index contributed by atoms with van der Waals surface area (Å²) in [5, 5.41) is 0. The maximum absolute atomic E-state index is 2.64. The Labute approximate surface area is 171 Å². The van der Waals surface area contributed by atoms with Crippen LogP contribution in [0.3, 0.4) is 0 Å². The molecule has 4 heteroatoms. The zero-order chi connectivity index (χ0) is 15.9. The van der Waals surface area contributed by atoms with E-state index >= 15 is 0 Å². The van der Waals surface area contributed by atoms with Crippen molar-refractivity contribution >= 4 is 5.92 Å². The molecule has 0 radical (unpaired) electrons. The van der Waals surface area contributed by atoms with E-state index in [2.05, 4.69) is 51.2 Å². The van der Waals surface area contributed by atoms with Crippen LogP contribution in [0.1, 0.15) is 65.2 Å². The standard InChI is InChI=1S/2C9H13.C2H7Si.2ClH.Zr/c2*1-2-3-6-9-7-4-5-8-9;1-3-2;;;/h2*4,7H,2-3,5-6H2,1H3;3H,1-2H3;2*1H;/q;;;;;+2/p-2. The van der Waals surface area contributed by atoms with E-state index < -0.39 is 26.8 Å². The summed E-state index contributed by atoms with van der Waals surface area (Å²) >= 11 is -1.53. The monoisotopic (exact) mass is 461 g/mol. The summed E-state index contributed by atoms with van der Waals surface area (Å²) in [5.74, 6) is -0.536. The molecule has 0 amide bonds. The topological polar surface area (TPSA) is 0 Å². The maximum atomic E-state index is 2.64. The molecule has 135 valence electrons. The van der Waals surface area contributed by atoms with Gasteiger partial charge in [0, 0.05) is 0 Å². The molecule has 0 fully saturated rings. The summed E-state index contributed by atoms with van der Waals surface area (Å²) < 4.78 is 3.98. The molecule has 0 nitrogen and oxygen atoms in total. The van der Waals surface area contributed by atoms with Crippen molar-refractivity contribution in [2.24, 2.45) is 0 Å². The Balaban J connectivity index is 0.00000264. The summed E-state index contributed by atoms with van der Waals surface area (Å²) in [6.45, 7) is 9.92. The van der Waals surface area contributed by atoms with Gasteiger partial charge in [-0.1, -0.05) is 0 Å². The van der Waals surface area contributed by atoms with Gasteiger partial charge in [-0.25, -0.2) is 0 Å². The third-order valence-electron chi connectivity index (χ3n) is 4.88. The van der Waals surface area contributed by atoms with Crippen molar-refractivity contribution in [3.63, 3.8) is 0 Å². The Kier molecular flexibility index (Phi) is 13.3. The van der Waals surface area contributed by atoms with Gasteiger partial charge in [0.1, 0.15) is 0 Å². The van der Waals surface area contributed by atoms with Gasteiger partial charge in [-0.2, -0.15) is 0 Å². The minimum atomic E-state index is -1.53. The molecule has 0 saturated heterocycles. The van der Waals surface area contributed by atoms with Crippen LogP contribution >= 0.6 is 0 Å². The van der Waals surface area contributed by atoms with Gasteiger partial charge in [0.15, 0.2) is 0 Å². The van der Waals surface area contributed by atoms with Gasteiger partial charge in [0.25, 0.3) is 0 Å². The number of hydrogen-bond acceptors (Lipinski definition) is 0. The summed E-state index contributed by atoms with van der Waals surface area (Å²) in [4.78, 5) is 0. The number of hydrogen-bond donors (Lipinski definition) is 0. The van der Waals surface area contributed by atoms with Crippen molar-refractivity contribution in [3.05, 3.63) is 42.0 Å². The van der Waals surface area contributed by atoms with Crippen molar-refractivity contribution in [1.82, 2.24) is 0 Å². The molecule has 0 N–H and O–H groups in total. The second-order valence-electron chi connectivity index (χ2n) is 7.00. The minimum absolute atomic E-state index is 0. The second-order valence-corrected chi connectivity index (χ2v) is 26.2. The number of allylic oxidation sites excluding steroid dienone is 8. The summed E-state index contributed by atoms with van der Waals surface area (Å²) in [6, 6.07) is 0. The molecule has 0 unspecified atom stereocenters. The minimum Gasteiger partial charge on any atom is -1.00 e. The van der Waals surface area contributed by atoms with Gasteiger partial charge >= 0.3 is 147 Å². The molecular weight excluding hydrogens is 430 g/mol. The van der Waals surface area contributed by atoms with E-state index in [4.69, 9.17) is 0 Å². The first kappa shape index (κ1) is 24.6. The zero-order valence-corrected chi connectivity index (χ0v) is 20.9. The smallest absolute Gasteiger partial charge is 1.00 e. The maximum Gasteiger partial charge on any atom is -1.00 e. The predicted molar refractivity (Wildman–Crippen MR) is 99.5 cm³/mol. The third kappa shape index (κ3) is 6.42. The molecule has 0 aromatic carbocycles. The molecule has 0 aromatic rings. The van der Waals surface area contributed by atoms with Crippen LogP contribution in [0.5, 0.6) is 0 Å². The summed E-state index contributed by atoms with van der Waals surface area (Å²) in [6.07, 6.45) is 20.6.